The van der Waals surface area contributed by atoms with E-state index < -0.39 is 0 Å². The second-order valence-electron chi connectivity index (χ2n) is 10.6. The van der Waals surface area contributed by atoms with Crippen molar-refractivity contribution in [3.05, 3.63) is 106 Å². The first-order valence-corrected chi connectivity index (χ1v) is 16.4. The first-order chi connectivity index (χ1) is 21.4. The topological polar surface area (TPSA) is 57.7 Å². The van der Waals surface area contributed by atoms with Gasteiger partial charge in [-0.3, -0.25) is 4.79 Å². The highest BCUT2D eigenvalue weighted by Gasteiger charge is 2.16. The highest BCUT2D eigenvalue weighted by atomic mass is 32.1. The van der Waals surface area contributed by atoms with E-state index in [-0.39, 0.29) is 11.7 Å². The molecular weight excluding hydrogens is 566 g/mol. The molecule has 0 radical (unpaired) electrons. The van der Waals surface area contributed by atoms with Gasteiger partial charge in [0.25, 0.3) is 0 Å². The molecule has 5 nitrogen and oxygen atoms in total. The molecule has 0 bridgehead atoms. The van der Waals surface area contributed by atoms with Gasteiger partial charge in [-0.25, -0.2) is 4.98 Å². The molecule has 2 aromatic carbocycles. The van der Waals surface area contributed by atoms with Gasteiger partial charge in [-0.05, 0) is 106 Å². The van der Waals surface area contributed by atoms with Crippen molar-refractivity contribution in [1.82, 2.24) is 4.98 Å². The summed E-state index contributed by atoms with van der Waals surface area (Å²) in [5, 5.41) is 0.960. The quantitative estimate of drug-likeness (QED) is 0.0618. The number of carbonyl (C=O) groups excluding carboxylic acids is 1. The Hall–Kier alpha value is -3.90. The summed E-state index contributed by atoms with van der Waals surface area (Å²) >= 11 is 1.64. The van der Waals surface area contributed by atoms with Gasteiger partial charge in [0.1, 0.15) is 22.3 Å². The standard InChI is InChI=1S/C38H47NO4S/c1-7-15-31(42-24-13-10-14-25-43-33-20-18-29(5)34(26-33)38(40)28(4)8-2)21-19-30(9-3)16-11-12-17-37-39-35-23-22-32(41-6)27-36(35)44-37/h9,11-12,15-23,26-28H,7-8,10,13-14,24-25H2,1-6H3/b16-11+,17-12+,21-19-,30-9-,31-15+. The molecule has 0 saturated heterocycles. The van der Waals surface area contributed by atoms with E-state index in [0.29, 0.717) is 13.2 Å². The van der Waals surface area contributed by atoms with Crippen LogP contribution in [0.1, 0.15) is 80.7 Å². The zero-order chi connectivity index (χ0) is 31.7. The summed E-state index contributed by atoms with van der Waals surface area (Å²) in [7, 11) is 1.68. The molecule has 1 aromatic heterocycles. The number of hydrogen-bond acceptors (Lipinski definition) is 6. The maximum atomic E-state index is 12.7. The van der Waals surface area contributed by atoms with Crippen LogP contribution in [-0.4, -0.2) is 31.1 Å². The van der Waals surface area contributed by atoms with Crippen LogP contribution in [-0.2, 0) is 4.74 Å². The molecule has 0 aliphatic carbocycles. The molecule has 0 N–H and O–H groups in total. The summed E-state index contributed by atoms with van der Waals surface area (Å²) in [6.45, 7) is 11.4. The van der Waals surface area contributed by atoms with Crippen LogP contribution < -0.4 is 9.47 Å². The summed E-state index contributed by atoms with van der Waals surface area (Å²) in [6.07, 6.45) is 21.1. The summed E-state index contributed by atoms with van der Waals surface area (Å²) in [5.41, 5.74) is 3.85. The van der Waals surface area contributed by atoms with Crippen LogP contribution in [0, 0.1) is 12.8 Å². The maximum absolute atomic E-state index is 12.7. The Bertz CT molecular complexity index is 1510. The van der Waals surface area contributed by atoms with Crippen molar-refractivity contribution in [2.75, 3.05) is 20.3 Å². The number of thiazole rings is 1. The Kier molecular flexibility index (Phi) is 14.7. The Morgan fingerprint density at radius 1 is 0.977 bits per heavy atom. The van der Waals surface area contributed by atoms with Crippen molar-refractivity contribution in [3.63, 3.8) is 0 Å². The van der Waals surface area contributed by atoms with Crippen molar-refractivity contribution < 1.29 is 19.0 Å². The van der Waals surface area contributed by atoms with E-state index in [1.807, 2.05) is 88.4 Å². The molecule has 3 aromatic rings. The van der Waals surface area contributed by atoms with Gasteiger partial charge in [0.2, 0.25) is 0 Å². The first kappa shape index (κ1) is 34.6. The zero-order valence-electron chi connectivity index (χ0n) is 27.1. The molecule has 0 amide bonds. The highest BCUT2D eigenvalue weighted by Crippen LogP contribution is 2.27. The number of allylic oxidation sites excluding steroid dienone is 8. The number of carbonyl (C=O) groups is 1. The predicted molar refractivity (Wildman–Crippen MR) is 186 cm³/mol. The average Bonchev–Trinajstić information content (AvgIpc) is 3.45. The van der Waals surface area contributed by atoms with E-state index in [9.17, 15) is 4.79 Å². The lowest BCUT2D eigenvalue weighted by molar-refractivity contribution is 0.0926. The Labute approximate surface area is 267 Å². The fraction of sp³-hybridized carbons (Fsp3) is 0.368. The zero-order valence-corrected chi connectivity index (χ0v) is 27.9. The minimum atomic E-state index is 0.0237. The van der Waals surface area contributed by atoms with Gasteiger partial charge in [-0.2, -0.15) is 0 Å². The van der Waals surface area contributed by atoms with E-state index in [1.165, 1.54) is 0 Å². The molecule has 0 aliphatic rings. The van der Waals surface area contributed by atoms with Gasteiger partial charge in [-0.15, -0.1) is 11.3 Å². The number of aromatic nitrogens is 1. The van der Waals surface area contributed by atoms with Crippen molar-refractivity contribution >= 4 is 33.4 Å². The van der Waals surface area contributed by atoms with Crippen LogP contribution in [0.2, 0.25) is 0 Å². The van der Waals surface area contributed by atoms with E-state index >= 15 is 0 Å². The fourth-order valence-electron chi connectivity index (χ4n) is 4.40. The minimum Gasteiger partial charge on any atom is -0.497 e. The molecule has 0 aliphatic heterocycles. The molecule has 0 spiro atoms. The summed E-state index contributed by atoms with van der Waals surface area (Å²) in [4.78, 5) is 17.3. The molecule has 0 fully saturated rings. The lowest BCUT2D eigenvalue weighted by Gasteiger charge is -2.13. The van der Waals surface area contributed by atoms with Crippen LogP contribution in [0.25, 0.3) is 16.3 Å². The molecule has 1 unspecified atom stereocenters. The SMILES string of the molecule is C/C=C(\C=C/C(=C\CC)OCCCCCOc1ccc(C)c(C(=O)C(C)CC)c1)/C=C/C=C/c1nc2ccc(OC)cc2s1. The van der Waals surface area contributed by atoms with E-state index in [0.717, 1.165) is 81.3 Å². The number of ether oxygens (including phenoxy) is 3. The van der Waals surface area contributed by atoms with Crippen LogP contribution in [0.3, 0.4) is 0 Å². The molecular formula is C38H47NO4S. The molecule has 6 heteroatoms. The molecule has 44 heavy (non-hydrogen) atoms. The average molecular weight is 614 g/mol. The van der Waals surface area contributed by atoms with Gasteiger partial charge in [0.05, 0.1) is 30.5 Å². The number of benzene rings is 2. The third-order valence-electron chi connectivity index (χ3n) is 7.29. The van der Waals surface area contributed by atoms with Gasteiger partial charge < -0.3 is 14.2 Å². The predicted octanol–water partition coefficient (Wildman–Crippen LogP) is 10.5. The number of aryl methyl sites for hydroxylation is 1. The molecule has 234 valence electrons. The highest BCUT2D eigenvalue weighted by molar-refractivity contribution is 7.19. The Balaban J connectivity index is 1.40. The van der Waals surface area contributed by atoms with Crippen molar-refractivity contribution in [1.29, 1.82) is 0 Å². The summed E-state index contributed by atoms with van der Waals surface area (Å²) in [6, 6.07) is 11.8. The van der Waals surface area contributed by atoms with E-state index in [1.54, 1.807) is 18.4 Å². The fourth-order valence-corrected chi connectivity index (χ4v) is 5.31. The van der Waals surface area contributed by atoms with Crippen LogP contribution >= 0.6 is 11.3 Å². The van der Waals surface area contributed by atoms with Gasteiger partial charge in [0, 0.05) is 11.5 Å². The minimum absolute atomic E-state index is 0.0237. The van der Waals surface area contributed by atoms with Gasteiger partial charge in [0.15, 0.2) is 5.78 Å². The smallest absolute Gasteiger partial charge is 0.166 e. The number of ketones is 1. The number of nitrogens with zero attached hydrogens (tertiary/aromatic N) is 1. The molecule has 1 heterocycles. The first-order valence-electron chi connectivity index (χ1n) is 15.6. The summed E-state index contributed by atoms with van der Waals surface area (Å²) in [5.74, 6) is 2.70. The van der Waals surface area contributed by atoms with Crippen LogP contribution in [0.5, 0.6) is 11.5 Å². The monoisotopic (exact) mass is 613 g/mol. The second kappa shape index (κ2) is 18.7. The lowest BCUT2D eigenvalue weighted by atomic mass is 9.94. The maximum Gasteiger partial charge on any atom is 0.166 e. The van der Waals surface area contributed by atoms with Crippen molar-refractivity contribution in [2.45, 2.75) is 66.7 Å². The van der Waals surface area contributed by atoms with E-state index in [4.69, 9.17) is 14.2 Å². The van der Waals surface area contributed by atoms with Gasteiger partial charge in [-0.1, -0.05) is 57.2 Å². The summed E-state index contributed by atoms with van der Waals surface area (Å²) < 4.78 is 18.5. The van der Waals surface area contributed by atoms with Crippen LogP contribution in [0.4, 0.5) is 0 Å². The molecule has 0 saturated carbocycles. The third-order valence-corrected chi connectivity index (χ3v) is 8.27. The molecule has 3 rings (SSSR count). The third kappa shape index (κ3) is 11.0. The lowest BCUT2D eigenvalue weighted by Crippen LogP contribution is -2.12. The number of methoxy groups -OCH3 is 1. The number of Topliss-reactive ketones (excluding diaryl/α,β-unsaturated/α-hetero) is 1. The Morgan fingerprint density at radius 3 is 2.52 bits per heavy atom. The van der Waals surface area contributed by atoms with E-state index in [2.05, 4.69) is 36.2 Å². The van der Waals surface area contributed by atoms with Crippen molar-refractivity contribution in [3.8, 4) is 11.5 Å². The normalized spacial score (nSPS) is 13.4. The number of fused-ring (bicyclic) bond motifs is 1. The molecule has 1 atom stereocenters. The van der Waals surface area contributed by atoms with Crippen LogP contribution in [0.15, 0.2) is 90.3 Å². The number of rotatable bonds is 18. The number of hydrogen-bond donors (Lipinski definition) is 0. The largest absolute Gasteiger partial charge is 0.497 e. The Morgan fingerprint density at radius 2 is 1.77 bits per heavy atom. The van der Waals surface area contributed by atoms with Gasteiger partial charge >= 0.3 is 0 Å². The second-order valence-corrected chi connectivity index (χ2v) is 11.7. The number of unbranched alkanes of at least 4 members (excludes halogenated alkanes) is 2. The van der Waals surface area contributed by atoms with Crippen molar-refractivity contribution in [2.24, 2.45) is 5.92 Å².